The Bertz CT molecular complexity index is 1630. The summed E-state index contributed by atoms with van der Waals surface area (Å²) in [6.45, 7) is 0.446. The summed E-state index contributed by atoms with van der Waals surface area (Å²) in [6, 6.07) is 26.2. The fourth-order valence-corrected chi connectivity index (χ4v) is 6.13. The van der Waals surface area contributed by atoms with Crippen LogP contribution in [0.15, 0.2) is 101 Å². The first-order valence-electron chi connectivity index (χ1n) is 15.3. The van der Waals surface area contributed by atoms with Crippen molar-refractivity contribution >= 4 is 0 Å². The molecule has 0 amide bonds. The van der Waals surface area contributed by atoms with Crippen LogP contribution in [0.25, 0.3) is 0 Å². The Kier molecular flexibility index (Phi) is 9.67. The van der Waals surface area contributed by atoms with Gasteiger partial charge in [-0.05, 0) is 60.2 Å². The van der Waals surface area contributed by atoms with Gasteiger partial charge in [0.25, 0.3) is 5.56 Å². The van der Waals surface area contributed by atoms with Crippen LogP contribution < -0.4 is 20.7 Å². The molecule has 3 heterocycles. The van der Waals surface area contributed by atoms with Crippen LogP contribution in [0.3, 0.4) is 0 Å². The lowest BCUT2D eigenvalue weighted by Gasteiger charge is -2.37. The molecular formula is C35H38N2O9. The standard InChI is InChI=1S/C35H38N2O9/c1-41-26-15-11-24(12-16-26)35(23-8-4-3-5-9-23,25-13-17-27(42-2)18-14-25)44-22-28-31(39)32(46-30-10-6-7-21-43-30)33(45-28)37-20-19-29(38)36-34(37)40/h3-5,8-9,11-20,28,30-33,39H,6-7,10,21-22H2,1-2H3,(H,36,38,40)/t28-,30+,31+,32-,33+/m0/s1. The second kappa shape index (κ2) is 14.0. The maximum Gasteiger partial charge on any atom is 0.330 e. The number of hydrogen-bond acceptors (Lipinski definition) is 9. The molecule has 0 bridgehead atoms. The monoisotopic (exact) mass is 630 g/mol. The third kappa shape index (κ3) is 6.37. The molecule has 0 spiro atoms. The van der Waals surface area contributed by atoms with Crippen molar-refractivity contribution in [2.75, 3.05) is 27.4 Å². The normalized spacial score (nSPS) is 23.2. The number of H-pyrrole nitrogens is 1. The van der Waals surface area contributed by atoms with Gasteiger partial charge in [-0.15, -0.1) is 0 Å². The van der Waals surface area contributed by atoms with Gasteiger partial charge in [-0.1, -0.05) is 54.6 Å². The second-order valence-electron chi connectivity index (χ2n) is 11.3. The van der Waals surface area contributed by atoms with Crippen LogP contribution >= 0.6 is 0 Å². The fourth-order valence-electron chi connectivity index (χ4n) is 6.13. The highest BCUT2D eigenvalue weighted by atomic mass is 16.7. The van der Waals surface area contributed by atoms with E-state index < -0.39 is 47.7 Å². The number of aliphatic hydroxyl groups is 1. The predicted octanol–water partition coefficient (Wildman–Crippen LogP) is 3.73. The first-order chi connectivity index (χ1) is 22.4. The van der Waals surface area contributed by atoms with Gasteiger partial charge in [0.1, 0.15) is 35.4 Å². The van der Waals surface area contributed by atoms with Gasteiger partial charge in [0.05, 0.1) is 20.8 Å². The zero-order chi connectivity index (χ0) is 32.1. The summed E-state index contributed by atoms with van der Waals surface area (Å²) in [5, 5.41) is 11.7. The molecule has 11 heteroatoms. The van der Waals surface area contributed by atoms with E-state index in [0.717, 1.165) is 29.5 Å². The number of aromatic amines is 1. The third-order valence-corrected chi connectivity index (χ3v) is 8.52. The largest absolute Gasteiger partial charge is 0.497 e. The Labute approximate surface area is 266 Å². The Balaban J connectivity index is 1.39. The van der Waals surface area contributed by atoms with Crippen LogP contribution in [0.4, 0.5) is 0 Å². The Morgan fingerprint density at radius 3 is 2.07 bits per heavy atom. The molecule has 242 valence electrons. The second-order valence-corrected chi connectivity index (χ2v) is 11.3. The molecule has 2 saturated heterocycles. The highest BCUT2D eigenvalue weighted by Gasteiger charge is 2.49. The number of ether oxygens (including phenoxy) is 6. The molecule has 0 aliphatic carbocycles. The quantitative estimate of drug-likeness (QED) is 0.238. The molecule has 2 aliphatic rings. The van der Waals surface area contributed by atoms with Crippen molar-refractivity contribution in [2.45, 2.75) is 55.7 Å². The molecule has 0 unspecified atom stereocenters. The van der Waals surface area contributed by atoms with Gasteiger partial charge in [-0.3, -0.25) is 14.3 Å². The van der Waals surface area contributed by atoms with E-state index in [-0.39, 0.29) is 6.61 Å². The summed E-state index contributed by atoms with van der Waals surface area (Å²) in [5.41, 5.74) is 0.0926. The van der Waals surface area contributed by atoms with Gasteiger partial charge in [-0.2, -0.15) is 0 Å². The van der Waals surface area contributed by atoms with E-state index in [1.807, 2.05) is 78.9 Å². The van der Waals surface area contributed by atoms with E-state index in [1.165, 1.54) is 16.8 Å². The van der Waals surface area contributed by atoms with Crippen molar-refractivity contribution in [3.63, 3.8) is 0 Å². The smallest absolute Gasteiger partial charge is 0.330 e. The van der Waals surface area contributed by atoms with Crippen LogP contribution in [-0.2, 0) is 24.5 Å². The maximum atomic E-state index is 12.9. The Morgan fingerprint density at radius 2 is 1.50 bits per heavy atom. The summed E-state index contributed by atoms with van der Waals surface area (Å²) in [6.07, 6.45) is -0.910. The van der Waals surface area contributed by atoms with E-state index in [0.29, 0.717) is 24.5 Å². The van der Waals surface area contributed by atoms with Gasteiger partial charge in [0, 0.05) is 18.9 Å². The van der Waals surface area contributed by atoms with Crippen LogP contribution in [-0.4, -0.2) is 66.7 Å². The van der Waals surface area contributed by atoms with Crippen molar-refractivity contribution in [2.24, 2.45) is 0 Å². The summed E-state index contributed by atoms with van der Waals surface area (Å²) in [7, 11) is 3.22. The van der Waals surface area contributed by atoms with Gasteiger partial charge in [-0.25, -0.2) is 4.79 Å². The van der Waals surface area contributed by atoms with Crippen LogP contribution in [0.2, 0.25) is 0 Å². The summed E-state index contributed by atoms with van der Waals surface area (Å²) in [5.74, 6) is 1.38. The van der Waals surface area contributed by atoms with E-state index in [4.69, 9.17) is 28.4 Å². The van der Waals surface area contributed by atoms with Crippen LogP contribution in [0, 0.1) is 0 Å². The van der Waals surface area contributed by atoms with Gasteiger partial charge >= 0.3 is 5.69 Å². The average molecular weight is 631 g/mol. The Morgan fingerprint density at radius 1 is 0.870 bits per heavy atom. The number of nitrogens with zero attached hydrogens (tertiary/aromatic N) is 1. The molecule has 2 aliphatic heterocycles. The molecule has 2 N–H and O–H groups in total. The Hall–Kier alpha value is -4.26. The van der Waals surface area contributed by atoms with E-state index in [9.17, 15) is 14.7 Å². The topological polar surface area (TPSA) is 130 Å². The number of hydrogen-bond donors (Lipinski definition) is 2. The first-order valence-corrected chi connectivity index (χ1v) is 15.3. The SMILES string of the molecule is COc1ccc(C(OC[C@@H]2O[C@@H](n3ccc(=O)[nH]c3=O)[C@@H](O[C@@H]3CCCCO3)[C@@H]2O)(c2ccccc2)c2ccc(OC)cc2)cc1. The number of rotatable bonds is 11. The molecular weight excluding hydrogens is 592 g/mol. The minimum Gasteiger partial charge on any atom is -0.497 e. The number of aliphatic hydroxyl groups excluding tert-OH is 1. The minimum absolute atomic E-state index is 0.0892. The van der Waals surface area contributed by atoms with Gasteiger partial charge in [0.15, 0.2) is 12.5 Å². The molecule has 4 aromatic rings. The highest BCUT2D eigenvalue weighted by molar-refractivity contribution is 5.49. The molecule has 6 rings (SSSR count). The van der Waals surface area contributed by atoms with Gasteiger partial charge in [0.2, 0.25) is 0 Å². The van der Waals surface area contributed by atoms with Crippen molar-refractivity contribution in [3.05, 3.63) is 129 Å². The van der Waals surface area contributed by atoms with Crippen molar-refractivity contribution in [1.29, 1.82) is 0 Å². The van der Waals surface area contributed by atoms with E-state index in [2.05, 4.69) is 4.98 Å². The number of aromatic nitrogens is 2. The molecule has 0 saturated carbocycles. The van der Waals surface area contributed by atoms with Crippen LogP contribution in [0.5, 0.6) is 11.5 Å². The lowest BCUT2D eigenvalue weighted by molar-refractivity contribution is -0.215. The molecule has 5 atom stereocenters. The van der Waals surface area contributed by atoms with Gasteiger partial charge < -0.3 is 33.5 Å². The molecule has 1 aromatic heterocycles. The zero-order valence-corrected chi connectivity index (χ0v) is 25.7. The van der Waals surface area contributed by atoms with E-state index >= 15 is 0 Å². The highest BCUT2D eigenvalue weighted by Crippen LogP contribution is 2.43. The average Bonchev–Trinajstić information content (AvgIpc) is 3.40. The van der Waals surface area contributed by atoms with Crippen molar-refractivity contribution < 1.29 is 33.5 Å². The minimum atomic E-state index is -1.20. The third-order valence-electron chi connectivity index (χ3n) is 8.52. The maximum absolute atomic E-state index is 12.9. The fraction of sp³-hybridized carbons (Fsp3) is 0.371. The molecule has 11 nitrogen and oxygen atoms in total. The molecule has 46 heavy (non-hydrogen) atoms. The van der Waals surface area contributed by atoms with Crippen molar-refractivity contribution in [3.8, 4) is 11.5 Å². The number of benzene rings is 3. The predicted molar refractivity (Wildman–Crippen MR) is 168 cm³/mol. The number of nitrogens with one attached hydrogen (secondary N) is 1. The lowest BCUT2D eigenvalue weighted by Crippen LogP contribution is -2.43. The lowest BCUT2D eigenvalue weighted by atomic mass is 9.80. The first kappa shape index (κ1) is 31.7. The molecule has 3 aromatic carbocycles. The zero-order valence-electron chi connectivity index (χ0n) is 25.7. The summed E-state index contributed by atoms with van der Waals surface area (Å²) < 4.78 is 37.5. The van der Waals surface area contributed by atoms with E-state index in [1.54, 1.807) is 14.2 Å². The van der Waals surface area contributed by atoms with Crippen LogP contribution in [0.1, 0.15) is 42.2 Å². The summed E-state index contributed by atoms with van der Waals surface area (Å²) >= 11 is 0. The summed E-state index contributed by atoms with van der Waals surface area (Å²) in [4.78, 5) is 27.0. The molecule has 2 fully saturated rings. The molecule has 0 radical (unpaired) electrons. The van der Waals surface area contributed by atoms with Crippen molar-refractivity contribution in [1.82, 2.24) is 9.55 Å². The number of methoxy groups -OCH3 is 2.